The lowest BCUT2D eigenvalue weighted by atomic mass is 9.66. The van der Waals surface area contributed by atoms with Crippen LogP contribution in [0.15, 0.2) is 30.3 Å². The number of hydrogen-bond acceptors (Lipinski definition) is 6. The minimum Gasteiger partial charge on any atom is -0.497 e. The largest absolute Gasteiger partial charge is 0.497 e. The molecule has 0 radical (unpaired) electrons. The molecule has 0 amide bonds. The molecule has 0 bridgehead atoms. The van der Waals surface area contributed by atoms with Gasteiger partial charge in [0.25, 0.3) is 0 Å². The molecule has 6 nitrogen and oxygen atoms in total. The van der Waals surface area contributed by atoms with Crippen LogP contribution in [0, 0.1) is 5.92 Å². The average Bonchev–Trinajstić information content (AvgIpc) is 3.53. The molecular formula is C26H31NO5. The highest BCUT2D eigenvalue weighted by atomic mass is 16.7. The Morgan fingerprint density at radius 1 is 0.875 bits per heavy atom. The van der Waals surface area contributed by atoms with Crippen molar-refractivity contribution in [1.82, 2.24) is 4.90 Å². The van der Waals surface area contributed by atoms with E-state index in [1.165, 1.54) is 36.8 Å². The number of benzene rings is 2. The third kappa shape index (κ3) is 2.95. The molecule has 2 aromatic carbocycles. The summed E-state index contributed by atoms with van der Waals surface area (Å²) in [5, 5.41) is 0. The van der Waals surface area contributed by atoms with Crippen molar-refractivity contribution in [3.8, 4) is 28.7 Å². The maximum absolute atomic E-state index is 7.03. The quantitative estimate of drug-likeness (QED) is 0.675. The number of hydrogen-bond donors (Lipinski definition) is 0. The molecule has 170 valence electrons. The summed E-state index contributed by atoms with van der Waals surface area (Å²) in [4.78, 5) is 2.62. The van der Waals surface area contributed by atoms with E-state index in [9.17, 15) is 0 Å². The van der Waals surface area contributed by atoms with Crippen molar-refractivity contribution in [1.29, 1.82) is 0 Å². The molecule has 3 heterocycles. The highest BCUT2D eigenvalue weighted by Crippen LogP contribution is 2.58. The van der Waals surface area contributed by atoms with Crippen molar-refractivity contribution in [2.24, 2.45) is 5.92 Å². The standard InChI is InChI=1S/C26H31NO5/c1-28-17-8-9-18(21(13-17)29-2)25-19-14-23-24(31-16-30-23)15-22(19)32-26(27-11-5-6-12-27)10-4-3-7-20(25)26/h8-9,13-15,20,25H,3-7,10-12,16H2,1-2H3/t20-,25+,26?/m0/s1. The summed E-state index contributed by atoms with van der Waals surface area (Å²) >= 11 is 0. The van der Waals surface area contributed by atoms with E-state index in [4.69, 9.17) is 23.7 Å². The Morgan fingerprint density at radius 3 is 2.47 bits per heavy atom. The maximum atomic E-state index is 7.03. The first-order valence-electron chi connectivity index (χ1n) is 11.8. The Morgan fingerprint density at radius 2 is 1.69 bits per heavy atom. The van der Waals surface area contributed by atoms with Crippen LogP contribution < -0.4 is 23.7 Å². The van der Waals surface area contributed by atoms with Gasteiger partial charge in [-0.3, -0.25) is 4.90 Å². The van der Waals surface area contributed by atoms with Gasteiger partial charge in [0.2, 0.25) is 6.79 Å². The fourth-order valence-electron chi connectivity index (χ4n) is 6.40. The van der Waals surface area contributed by atoms with E-state index in [0.29, 0.717) is 5.92 Å². The number of nitrogens with zero attached hydrogens (tertiary/aromatic N) is 1. The Bertz CT molecular complexity index is 1020. The van der Waals surface area contributed by atoms with Crippen molar-refractivity contribution in [3.05, 3.63) is 41.5 Å². The predicted molar refractivity (Wildman–Crippen MR) is 120 cm³/mol. The van der Waals surface area contributed by atoms with Gasteiger partial charge in [-0.2, -0.15) is 0 Å². The zero-order chi connectivity index (χ0) is 21.7. The number of rotatable bonds is 4. The van der Waals surface area contributed by atoms with E-state index >= 15 is 0 Å². The molecule has 2 aromatic rings. The topological polar surface area (TPSA) is 49.4 Å². The first-order valence-corrected chi connectivity index (χ1v) is 11.8. The van der Waals surface area contributed by atoms with Gasteiger partial charge in [0, 0.05) is 54.6 Å². The Hall–Kier alpha value is -2.60. The van der Waals surface area contributed by atoms with Gasteiger partial charge in [0.15, 0.2) is 17.2 Å². The second-order valence-corrected chi connectivity index (χ2v) is 9.32. The van der Waals surface area contributed by atoms with Crippen molar-refractivity contribution in [2.75, 3.05) is 34.1 Å². The molecule has 6 rings (SSSR count). The number of fused-ring (bicyclic) bond motifs is 3. The van der Waals surface area contributed by atoms with Gasteiger partial charge in [0.1, 0.15) is 17.2 Å². The first kappa shape index (κ1) is 20.0. The molecule has 3 aliphatic heterocycles. The van der Waals surface area contributed by atoms with Crippen molar-refractivity contribution < 1.29 is 23.7 Å². The Labute approximate surface area is 189 Å². The summed E-state index contributed by atoms with van der Waals surface area (Å²) in [5.41, 5.74) is 2.07. The molecule has 1 aliphatic carbocycles. The van der Waals surface area contributed by atoms with Gasteiger partial charge in [-0.15, -0.1) is 0 Å². The van der Waals surface area contributed by atoms with Crippen molar-refractivity contribution >= 4 is 0 Å². The number of ether oxygens (including phenoxy) is 5. The van der Waals surface area contributed by atoms with Gasteiger partial charge in [0.05, 0.1) is 14.2 Å². The molecule has 0 N–H and O–H groups in total. The fraction of sp³-hybridized carbons (Fsp3) is 0.538. The molecule has 1 unspecified atom stereocenters. The molecule has 1 saturated heterocycles. The second-order valence-electron chi connectivity index (χ2n) is 9.32. The van der Waals surface area contributed by atoms with Gasteiger partial charge in [-0.05, 0) is 37.8 Å². The van der Waals surface area contributed by atoms with Crippen LogP contribution in [-0.4, -0.2) is 44.7 Å². The lowest BCUT2D eigenvalue weighted by Crippen LogP contribution is -2.61. The van der Waals surface area contributed by atoms with E-state index < -0.39 is 0 Å². The fourth-order valence-corrected chi connectivity index (χ4v) is 6.40. The summed E-state index contributed by atoms with van der Waals surface area (Å²) in [6.07, 6.45) is 7.08. The summed E-state index contributed by atoms with van der Waals surface area (Å²) in [6, 6.07) is 10.4. The van der Waals surface area contributed by atoms with E-state index in [0.717, 1.165) is 54.7 Å². The van der Waals surface area contributed by atoms with Crippen LogP contribution in [0.2, 0.25) is 0 Å². The van der Waals surface area contributed by atoms with Crippen molar-refractivity contribution in [2.45, 2.75) is 50.2 Å². The normalized spacial score (nSPS) is 28.6. The van der Waals surface area contributed by atoms with Gasteiger partial charge in [-0.1, -0.05) is 12.5 Å². The average molecular weight is 438 g/mol. The van der Waals surface area contributed by atoms with Gasteiger partial charge < -0.3 is 23.7 Å². The number of likely N-dealkylation sites (tertiary alicyclic amines) is 1. The van der Waals surface area contributed by atoms with Crippen LogP contribution in [0.25, 0.3) is 0 Å². The molecular weight excluding hydrogens is 406 g/mol. The second kappa shape index (κ2) is 7.77. The van der Waals surface area contributed by atoms with E-state index in [1.54, 1.807) is 14.2 Å². The summed E-state index contributed by atoms with van der Waals surface area (Å²) in [6.45, 7) is 2.46. The third-order valence-electron chi connectivity index (χ3n) is 7.83. The minimum atomic E-state index is -0.287. The molecule has 4 aliphatic rings. The predicted octanol–water partition coefficient (Wildman–Crippen LogP) is 4.94. The lowest BCUT2D eigenvalue weighted by molar-refractivity contribution is -0.154. The lowest BCUT2D eigenvalue weighted by Gasteiger charge is -2.55. The highest BCUT2D eigenvalue weighted by molar-refractivity contribution is 5.58. The molecule has 1 saturated carbocycles. The summed E-state index contributed by atoms with van der Waals surface area (Å²) in [5.74, 6) is 4.64. The first-order chi connectivity index (χ1) is 15.7. The molecule has 0 aromatic heterocycles. The molecule has 3 atom stereocenters. The number of methoxy groups -OCH3 is 2. The highest BCUT2D eigenvalue weighted by Gasteiger charge is 2.55. The molecule has 6 heteroatoms. The van der Waals surface area contributed by atoms with Crippen LogP contribution in [0.3, 0.4) is 0 Å². The van der Waals surface area contributed by atoms with Crippen molar-refractivity contribution in [3.63, 3.8) is 0 Å². The van der Waals surface area contributed by atoms with E-state index in [2.05, 4.69) is 17.0 Å². The smallest absolute Gasteiger partial charge is 0.231 e. The summed E-state index contributed by atoms with van der Waals surface area (Å²) < 4.78 is 29.9. The van der Waals surface area contributed by atoms with Crippen LogP contribution in [0.1, 0.15) is 55.6 Å². The van der Waals surface area contributed by atoms with Crippen LogP contribution >= 0.6 is 0 Å². The zero-order valence-electron chi connectivity index (χ0n) is 18.9. The van der Waals surface area contributed by atoms with Crippen LogP contribution in [-0.2, 0) is 0 Å². The van der Waals surface area contributed by atoms with E-state index in [1.807, 2.05) is 18.2 Å². The zero-order valence-corrected chi connectivity index (χ0v) is 18.9. The summed E-state index contributed by atoms with van der Waals surface area (Å²) in [7, 11) is 3.44. The molecule has 0 spiro atoms. The maximum Gasteiger partial charge on any atom is 0.231 e. The molecule has 32 heavy (non-hydrogen) atoms. The minimum absolute atomic E-state index is 0.148. The van der Waals surface area contributed by atoms with Crippen LogP contribution in [0.4, 0.5) is 0 Å². The third-order valence-corrected chi connectivity index (χ3v) is 7.83. The molecule has 2 fully saturated rings. The Kier molecular flexibility index (Phi) is 4.86. The van der Waals surface area contributed by atoms with Gasteiger partial charge >= 0.3 is 0 Å². The monoisotopic (exact) mass is 437 g/mol. The van der Waals surface area contributed by atoms with Crippen LogP contribution in [0.5, 0.6) is 28.7 Å². The van der Waals surface area contributed by atoms with Gasteiger partial charge in [-0.25, -0.2) is 0 Å². The SMILES string of the molecule is COc1ccc([C@@H]2c3cc4c(cc3OC3(N5CCCC5)CCCC[C@@H]23)OCO4)c(OC)c1. The Balaban J connectivity index is 1.56. The van der Waals surface area contributed by atoms with E-state index in [-0.39, 0.29) is 18.4 Å².